The van der Waals surface area contributed by atoms with Crippen LogP contribution in [0, 0.1) is 6.92 Å². The van der Waals surface area contributed by atoms with Crippen LogP contribution in [0.25, 0.3) is 0 Å². The van der Waals surface area contributed by atoms with Crippen molar-refractivity contribution in [3.63, 3.8) is 0 Å². The maximum absolute atomic E-state index is 12.1. The number of hydrogen-bond acceptors (Lipinski definition) is 4. The highest BCUT2D eigenvalue weighted by atomic mass is 32.1. The van der Waals surface area contributed by atoms with Gasteiger partial charge >= 0.3 is 5.97 Å². The van der Waals surface area contributed by atoms with Crippen molar-refractivity contribution in [1.29, 1.82) is 0 Å². The van der Waals surface area contributed by atoms with Crippen LogP contribution in [0.4, 0.5) is 5.69 Å². The quantitative estimate of drug-likeness (QED) is 0.817. The fraction of sp³-hybridized carbons (Fsp3) is 0.333. The number of aryl methyl sites for hydroxylation is 1. The predicted molar refractivity (Wildman–Crippen MR) is 92.9 cm³/mol. The molecule has 1 aromatic carbocycles. The lowest BCUT2D eigenvalue weighted by molar-refractivity contribution is -0.146. The first kappa shape index (κ1) is 17.2. The summed E-state index contributed by atoms with van der Waals surface area (Å²) in [7, 11) is 0. The number of nitrogens with one attached hydrogen (secondary N) is 1. The number of amides is 1. The Kier molecular flexibility index (Phi) is 5.93. The molecule has 0 aliphatic rings. The smallest absolute Gasteiger partial charge is 0.311 e. The third-order valence-corrected chi connectivity index (χ3v) is 4.33. The number of para-hydroxylation sites is 1. The van der Waals surface area contributed by atoms with Crippen LogP contribution in [0.5, 0.6) is 0 Å². The molecular formula is C18H21NO3S. The van der Waals surface area contributed by atoms with Gasteiger partial charge in [0.15, 0.2) is 6.61 Å². The lowest BCUT2D eigenvalue weighted by Gasteiger charge is -2.16. The van der Waals surface area contributed by atoms with E-state index in [2.05, 4.69) is 19.2 Å². The average molecular weight is 331 g/mol. The Balaban J connectivity index is 1.91. The Morgan fingerprint density at radius 3 is 2.65 bits per heavy atom. The summed E-state index contributed by atoms with van der Waals surface area (Å²) < 4.78 is 5.05. The average Bonchev–Trinajstić information content (AvgIpc) is 3.00. The van der Waals surface area contributed by atoms with E-state index in [0.717, 1.165) is 21.7 Å². The zero-order chi connectivity index (χ0) is 16.8. The topological polar surface area (TPSA) is 55.4 Å². The second-order valence-corrected chi connectivity index (χ2v) is 6.69. The van der Waals surface area contributed by atoms with Crippen molar-refractivity contribution in [1.82, 2.24) is 0 Å². The van der Waals surface area contributed by atoms with Gasteiger partial charge in [0.25, 0.3) is 5.91 Å². The second kappa shape index (κ2) is 7.92. The minimum absolute atomic E-state index is 0.201. The molecule has 1 heterocycles. The maximum atomic E-state index is 12.1. The van der Waals surface area contributed by atoms with Gasteiger partial charge in [-0.05, 0) is 35.4 Å². The Bertz CT molecular complexity index is 678. The first-order valence-corrected chi connectivity index (χ1v) is 8.42. The van der Waals surface area contributed by atoms with Gasteiger partial charge in [-0.2, -0.15) is 0 Å². The molecule has 0 unspecified atom stereocenters. The zero-order valence-electron chi connectivity index (χ0n) is 13.6. The summed E-state index contributed by atoms with van der Waals surface area (Å²) in [6, 6.07) is 9.67. The van der Waals surface area contributed by atoms with Gasteiger partial charge in [0.1, 0.15) is 0 Å². The summed E-state index contributed by atoms with van der Waals surface area (Å²) in [6.45, 7) is 5.83. The van der Waals surface area contributed by atoms with E-state index in [0.29, 0.717) is 5.92 Å². The van der Waals surface area contributed by atoms with E-state index in [1.807, 2.05) is 42.6 Å². The summed E-state index contributed by atoms with van der Waals surface area (Å²) in [4.78, 5) is 24.7. The molecule has 0 fully saturated rings. The third kappa shape index (κ3) is 4.93. The number of rotatable bonds is 6. The summed E-state index contributed by atoms with van der Waals surface area (Å²) in [5.41, 5.74) is 2.87. The molecule has 0 aliphatic heterocycles. The molecule has 2 rings (SSSR count). The van der Waals surface area contributed by atoms with E-state index in [4.69, 9.17) is 4.74 Å². The number of hydrogen-bond donors (Lipinski definition) is 1. The molecule has 5 heteroatoms. The monoisotopic (exact) mass is 331 g/mol. The normalized spacial score (nSPS) is 10.6. The predicted octanol–water partition coefficient (Wildman–Crippen LogP) is 3.90. The van der Waals surface area contributed by atoms with Gasteiger partial charge in [0, 0.05) is 10.6 Å². The second-order valence-electron chi connectivity index (χ2n) is 5.66. The standard InChI is InChI=1S/C18H21NO3S/c1-12(2)15-8-4-6-13(3)18(15)19-16(20)11-22-17(21)10-14-7-5-9-23-14/h4-9,12H,10-11H2,1-3H3,(H,19,20). The number of carbonyl (C=O) groups excluding carboxylic acids is 2. The van der Waals surface area contributed by atoms with E-state index >= 15 is 0 Å². The number of anilines is 1. The highest BCUT2D eigenvalue weighted by Gasteiger charge is 2.14. The fourth-order valence-electron chi connectivity index (χ4n) is 2.27. The fourth-order valence-corrected chi connectivity index (χ4v) is 2.96. The molecule has 1 N–H and O–H groups in total. The molecule has 23 heavy (non-hydrogen) atoms. The molecule has 0 aliphatic carbocycles. The molecule has 0 saturated heterocycles. The van der Waals surface area contributed by atoms with E-state index in [1.54, 1.807) is 0 Å². The number of benzene rings is 1. The van der Waals surface area contributed by atoms with E-state index < -0.39 is 5.97 Å². The molecule has 0 atom stereocenters. The molecule has 2 aromatic rings. The van der Waals surface area contributed by atoms with Crippen molar-refractivity contribution in [2.75, 3.05) is 11.9 Å². The van der Waals surface area contributed by atoms with Crippen LogP contribution in [-0.4, -0.2) is 18.5 Å². The number of carbonyl (C=O) groups is 2. The molecular weight excluding hydrogens is 310 g/mol. The molecule has 1 aromatic heterocycles. The lowest BCUT2D eigenvalue weighted by atomic mass is 9.98. The van der Waals surface area contributed by atoms with Crippen molar-refractivity contribution in [2.45, 2.75) is 33.1 Å². The first-order chi connectivity index (χ1) is 11.0. The number of esters is 1. The summed E-state index contributed by atoms with van der Waals surface area (Å²) in [5.74, 6) is -0.413. The van der Waals surface area contributed by atoms with Crippen molar-refractivity contribution in [3.05, 3.63) is 51.7 Å². The highest BCUT2D eigenvalue weighted by molar-refractivity contribution is 7.10. The van der Waals surface area contributed by atoms with Crippen LogP contribution in [-0.2, 0) is 20.7 Å². The van der Waals surface area contributed by atoms with Gasteiger partial charge in [0.05, 0.1) is 6.42 Å². The van der Waals surface area contributed by atoms with Gasteiger partial charge in [0.2, 0.25) is 0 Å². The van der Waals surface area contributed by atoms with Gasteiger partial charge in [-0.1, -0.05) is 38.1 Å². The van der Waals surface area contributed by atoms with Crippen LogP contribution >= 0.6 is 11.3 Å². The van der Waals surface area contributed by atoms with Gasteiger partial charge < -0.3 is 10.1 Å². The van der Waals surface area contributed by atoms with Crippen LogP contribution in [0.3, 0.4) is 0 Å². The van der Waals surface area contributed by atoms with Crippen LogP contribution < -0.4 is 5.32 Å². The molecule has 1 amide bonds. The van der Waals surface area contributed by atoms with E-state index in [9.17, 15) is 9.59 Å². The Labute approximate surface area is 140 Å². The lowest BCUT2D eigenvalue weighted by Crippen LogP contribution is -2.22. The van der Waals surface area contributed by atoms with Gasteiger partial charge in [-0.3, -0.25) is 9.59 Å². The van der Waals surface area contributed by atoms with Gasteiger partial charge in [-0.25, -0.2) is 0 Å². The zero-order valence-corrected chi connectivity index (χ0v) is 14.4. The summed E-state index contributed by atoms with van der Waals surface area (Å²) in [5, 5.41) is 4.76. The Morgan fingerprint density at radius 2 is 2.00 bits per heavy atom. The van der Waals surface area contributed by atoms with Crippen LogP contribution in [0.15, 0.2) is 35.7 Å². The molecule has 0 bridgehead atoms. The van der Waals surface area contributed by atoms with Crippen LogP contribution in [0.2, 0.25) is 0 Å². The van der Waals surface area contributed by atoms with E-state index in [-0.39, 0.29) is 18.9 Å². The SMILES string of the molecule is Cc1cccc(C(C)C)c1NC(=O)COC(=O)Cc1cccs1. The minimum atomic E-state index is -0.392. The third-order valence-electron chi connectivity index (χ3n) is 3.45. The van der Waals surface area contributed by atoms with Crippen molar-refractivity contribution < 1.29 is 14.3 Å². The van der Waals surface area contributed by atoms with Crippen molar-refractivity contribution in [2.24, 2.45) is 0 Å². The maximum Gasteiger partial charge on any atom is 0.311 e. The molecule has 122 valence electrons. The van der Waals surface area contributed by atoms with Crippen molar-refractivity contribution >= 4 is 28.9 Å². The Morgan fingerprint density at radius 1 is 1.22 bits per heavy atom. The number of ether oxygens (including phenoxy) is 1. The van der Waals surface area contributed by atoms with Crippen LogP contribution in [0.1, 0.15) is 35.8 Å². The minimum Gasteiger partial charge on any atom is -0.455 e. The summed E-state index contributed by atoms with van der Waals surface area (Å²) in [6.07, 6.45) is 0.201. The Hall–Kier alpha value is -2.14. The number of thiophene rings is 1. The van der Waals surface area contributed by atoms with Crippen molar-refractivity contribution in [3.8, 4) is 0 Å². The van der Waals surface area contributed by atoms with Gasteiger partial charge in [-0.15, -0.1) is 11.3 Å². The molecule has 0 spiro atoms. The molecule has 4 nitrogen and oxygen atoms in total. The first-order valence-electron chi connectivity index (χ1n) is 7.54. The van der Waals surface area contributed by atoms with E-state index in [1.165, 1.54) is 11.3 Å². The molecule has 0 radical (unpaired) electrons. The largest absolute Gasteiger partial charge is 0.455 e. The summed E-state index contributed by atoms with van der Waals surface area (Å²) >= 11 is 1.49. The highest BCUT2D eigenvalue weighted by Crippen LogP contribution is 2.27. The molecule has 0 saturated carbocycles.